The molecular formula is C12H21B2N3O5. The Hall–Kier alpha value is -1.35. The molecule has 2 heterocycles. The molecule has 120 valence electrons. The molecule has 1 unspecified atom stereocenters. The molecule has 10 heteroatoms. The van der Waals surface area contributed by atoms with E-state index in [1.165, 1.54) is 16.8 Å². The molecule has 0 aliphatic carbocycles. The number of nitrogens with zero attached hydrogens (tertiary/aromatic N) is 2. The Labute approximate surface area is 130 Å². The number of hydrogen-bond acceptors (Lipinski definition) is 7. The predicted molar refractivity (Wildman–Crippen MR) is 85.2 cm³/mol. The third-order valence-corrected chi connectivity index (χ3v) is 4.07. The van der Waals surface area contributed by atoms with Gasteiger partial charge in [-0.1, -0.05) is 0 Å². The highest BCUT2D eigenvalue weighted by Gasteiger charge is 2.52. The summed E-state index contributed by atoms with van der Waals surface area (Å²) in [6.07, 6.45) is -0.421. The van der Waals surface area contributed by atoms with Crippen LogP contribution in [0.25, 0.3) is 0 Å². The third kappa shape index (κ3) is 2.91. The fourth-order valence-electron chi connectivity index (χ4n) is 2.67. The van der Waals surface area contributed by atoms with Crippen LogP contribution in [0.1, 0.15) is 6.23 Å². The first-order valence-corrected chi connectivity index (χ1v) is 6.96. The first-order chi connectivity index (χ1) is 10.4. The van der Waals surface area contributed by atoms with E-state index in [4.69, 9.17) is 24.7 Å². The van der Waals surface area contributed by atoms with Crippen molar-refractivity contribution in [3.63, 3.8) is 0 Å². The van der Waals surface area contributed by atoms with E-state index < -0.39 is 35.6 Å². The molecule has 1 aromatic heterocycles. The molecule has 1 aliphatic heterocycles. The van der Waals surface area contributed by atoms with Gasteiger partial charge in [-0.15, -0.1) is 0 Å². The second kappa shape index (κ2) is 6.41. The summed E-state index contributed by atoms with van der Waals surface area (Å²) in [5.41, 5.74) is 5.02. The molecule has 1 aliphatic rings. The van der Waals surface area contributed by atoms with Crippen LogP contribution in [0.15, 0.2) is 17.1 Å². The highest BCUT2D eigenvalue weighted by Crippen LogP contribution is 2.36. The maximum absolute atomic E-state index is 12.1. The van der Waals surface area contributed by atoms with E-state index in [2.05, 4.69) is 4.98 Å². The van der Waals surface area contributed by atoms with Crippen molar-refractivity contribution in [1.82, 2.24) is 9.55 Å². The van der Waals surface area contributed by atoms with Gasteiger partial charge in [0, 0.05) is 32.9 Å². The van der Waals surface area contributed by atoms with Gasteiger partial charge >= 0.3 is 5.69 Å². The van der Waals surface area contributed by atoms with E-state index in [0.717, 1.165) is 0 Å². The highest BCUT2D eigenvalue weighted by atomic mass is 16.6. The summed E-state index contributed by atoms with van der Waals surface area (Å²) in [5.74, 6) is 0.158. The lowest BCUT2D eigenvalue weighted by molar-refractivity contribution is -0.0920. The van der Waals surface area contributed by atoms with Gasteiger partial charge in [-0.2, -0.15) is 4.98 Å². The monoisotopic (exact) mass is 309 g/mol. The van der Waals surface area contributed by atoms with Crippen LogP contribution in [0.3, 0.4) is 0 Å². The summed E-state index contributed by atoms with van der Waals surface area (Å²) in [6, 6.07) is 1.54. The number of nitrogens with two attached hydrogens (primary N) is 1. The van der Waals surface area contributed by atoms with Crippen LogP contribution in [0.4, 0.5) is 5.82 Å². The molecule has 0 radical (unpaired) electrons. The normalized spacial score (nSPS) is 28.9. The summed E-state index contributed by atoms with van der Waals surface area (Å²) >= 11 is 0. The Morgan fingerprint density at radius 3 is 2.45 bits per heavy atom. The standard InChI is InChI=1S/C12H21B2N3O5/c1-19-7-8(20-2)10(22-9(7)12(13,14)21-3)17-5-4-6(15)16-11(17)18/h4-5,7-10H,13-14H2,1-3H3,(H2,15,16,18)/t7-,8+,9?,10+/m0/s1. The number of aromatic nitrogens is 2. The molecule has 1 saturated heterocycles. The summed E-state index contributed by atoms with van der Waals surface area (Å²) in [7, 11) is 8.50. The molecule has 0 bridgehead atoms. The molecule has 0 spiro atoms. The average molecular weight is 309 g/mol. The van der Waals surface area contributed by atoms with E-state index in [9.17, 15) is 4.79 Å². The Balaban J connectivity index is 2.42. The molecular weight excluding hydrogens is 288 g/mol. The quantitative estimate of drug-likeness (QED) is 0.592. The van der Waals surface area contributed by atoms with Crippen LogP contribution in [0, 0.1) is 0 Å². The zero-order chi connectivity index (χ0) is 16.5. The van der Waals surface area contributed by atoms with Gasteiger partial charge in [0.15, 0.2) is 6.23 Å². The maximum atomic E-state index is 12.1. The second-order valence-electron chi connectivity index (χ2n) is 5.70. The predicted octanol–water partition coefficient (Wildman–Crippen LogP) is -2.68. The second-order valence-corrected chi connectivity index (χ2v) is 5.70. The largest absolute Gasteiger partial charge is 0.393 e. The van der Waals surface area contributed by atoms with Crippen molar-refractivity contribution in [3.05, 3.63) is 22.7 Å². The molecule has 1 fully saturated rings. The Morgan fingerprint density at radius 1 is 1.32 bits per heavy atom. The summed E-state index contributed by atoms with van der Waals surface area (Å²) in [4.78, 5) is 15.8. The fourth-order valence-corrected chi connectivity index (χ4v) is 2.67. The molecule has 0 aromatic carbocycles. The van der Waals surface area contributed by atoms with Crippen molar-refractivity contribution in [2.75, 3.05) is 27.1 Å². The minimum absolute atomic E-state index is 0.158. The lowest BCUT2D eigenvalue weighted by Crippen LogP contribution is -2.52. The van der Waals surface area contributed by atoms with E-state index in [1.807, 2.05) is 15.7 Å². The van der Waals surface area contributed by atoms with Gasteiger partial charge in [0.2, 0.25) is 0 Å². The first kappa shape index (κ1) is 17.0. The minimum atomic E-state index is -0.671. The van der Waals surface area contributed by atoms with E-state index in [-0.39, 0.29) is 5.82 Å². The number of nitrogen functional groups attached to an aromatic ring is 1. The molecule has 8 nitrogen and oxygen atoms in total. The molecule has 4 atom stereocenters. The van der Waals surface area contributed by atoms with Crippen molar-refractivity contribution in [2.24, 2.45) is 0 Å². The average Bonchev–Trinajstić information content (AvgIpc) is 2.86. The van der Waals surface area contributed by atoms with Crippen LogP contribution in [0.5, 0.6) is 0 Å². The van der Waals surface area contributed by atoms with Gasteiger partial charge in [-0.05, 0) is 6.07 Å². The number of ether oxygens (including phenoxy) is 4. The third-order valence-electron chi connectivity index (χ3n) is 4.07. The van der Waals surface area contributed by atoms with Crippen LogP contribution in [-0.2, 0) is 18.9 Å². The molecule has 1 aromatic rings. The topological polar surface area (TPSA) is 97.8 Å². The van der Waals surface area contributed by atoms with Gasteiger partial charge < -0.3 is 24.7 Å². The van der Waals surface area contributed by atoms with Crippen molar-refractivity contribution in [2.45, 2.75) is 29.9 Å². The molecule has 22 heavy (non-hydrogen) atoms. The number of rotatable bonds is 5. The van der Waals surface area contributed by atoms with E-state index in [0.29, 0.717) is 0 Å². The van der Waals surface area contributed by atoms with Crippen LogP contribution >= 0.6 is 0 Å². The van der Waals surface area contributed by atoms with Gasteiger partial charge in [-0.25, -0.2) is 4.79 Å². The lowest BCUT2D eigenvalue weighted by Gasteiger charge is -2.33. The van der Waals surface area contributed by atoms with E-state index in [1.54, 1.807) is 21.3 Å². The minimum Gasteiger partial charge on any atom is -0.393 e. The Kier molecular flexibility index (Phi) is 4.96. The first-order valence-electron chi connectivity index (χ1n) is 6.96. The van der Waals surface area contributed by atoms with Gasteiger partial charge in [0.25, 0.3) is 0 Å². The SMILES string of the molecule is BC(B)(OC)C1O[C@@H](n2ccc(N)nc2=O)[C@H](OC)[C@@H]1OC. The molecule has 2 N–H and O–H groups in total. The summed E-state index contributed by atoms with van der Waals surface area (Å²) in [6.45, 7) is 0. The zero-order valence-corrected chi connectivity index (χ0v) is 13.5. The Morgan fingerprint density at radius 2 is 1.95 bits per heavy atom. The molecule has 0 amide bonds. The lowest BCUT2D eigenvalue weighted by atomic mass is 9.60. The smallest absolute Gasteiger partial charge is 0.351 e. The fraction of sp³-hybridized carbons (Fsp3) is 0.667. The van der Waals surface area contributed by atoms with E-state index >= 15 is 0 Å². The summed E-state index contributed by atoms with van der Waals surface area (Å²) < 4.78 is 23.9. The molecule has 2 rings (SSSR count). The Bertz CT molecular complexity index is 582. The maximum Gasteiger partial charge on any atom is 0.351 e. The van der Waals surface area contributed by atoms with Crippen molar-refractivity contribution in [1.29, 1.82) is 0 Å². The molecule has 0 saturated carbocycles. The number of methoxy groups -OCH3 is 3. The highest BCUT2D eigenvalue weighted by molar-refractivity contribution is 6.39. The number of hydrogen-bond donors (Lipinski definition) is 1. The zero-order valence-electron chi connectivity index (χ0n) is 13.5. The summed E-state index contributed by atoms with van der Waals surface area (Å²) in [5, 5.41) is -0.614. The van der Waals surface area contributed by atoms with Crippen molar-refractivity contribution < 1.29 is 18.9 Å². The van der Waals surface area contributed by atoms with Gasteiger partial charge in [0.1, 0.15) is 39.8 Å². The van der Waals surface area contributed by atoms with Crippen molar-refractivity contribution >= 4 is 21.5 Å². The van der Waals surface area contributed by atoms with Crippen LogP contribution < -0.4 is 11.4 Å². The number of anilines is 1. The van der Waals surface area contributed by atoms with Gasteiger partial charge in [0.05, 0.1) is 0 Å². The van der Waals surface area contributed by atoms with Crippen LogP contribution in [0.2, 0.25) is 0 Å². The van der Waals surface area contributed by atoms with Crippen molar-refractivity contribution in [3.8, 4) is 0 Å². The van der Waals surface area contributed by atoms with Crippen LogP contribution in [-0.4, -0.2) is 70.3 Å². The van der Waals surface area contributed by atoms with Gasteiger partial charge in [-0.3, -0.25) is 4.57 Å².